The highest BCUT2D eigenvalue weighted by molar-refractivity contribution is 5.92. The molecule has 2 aliphatic rings. The molecule has 6 nitrogen and oxygen atoms in total. The largest absolute Gasteiger partial charge is 0.382 e. The van der Waals surface area contributed by atoms with E-state index in [4.69, 9.17) is 5.73 Å². The maximum absolute atomic E-state index is 12.5. The second-order valence-corrected chi connectivity index (χ2v) is 5.82. The van der Waals surface area contributed by atoms with E-state index >= 15 is 0 Å². The third kappa shape index (κ3) is 2.47. The molecule has 108 valence electrons. The fraction of sp³-hybridized carbons (Fsp3) is 0.643. The van der Waals surface area contributed by atoms with Gasteiger partial charge >= 0.3 is 0 Å². The molecule has 2 fully saturated rings. The van der Waals surface area contributed by atoms with Crippen LogP contribution in [0.1, 0.15) is 29.8 Å². The number of fused-ring (bicyclic) bond motifs is 1. The number of anilines is 1. The lowest BCUT2D eigenvalue weighted by Crippen LogP contribution is -2.54. The number of amides is 1. The van der Waals surface area contributed by atoms with Crippen molar-refractivity contribution in [2.75, 3.05) is 32.4 Å². The summed E-state index contributed by atoms with van der Waals surface area (Å²) in [5.41, 5.74) is 5.95. The van der Waals surface area contributed by atoms with Gasteiger partial charge in [-0.1, -0.05) is 0 Å². The Balaban J connectivity index is 1.71. The Morgan fingerprint density at radius 1 is 1.35 bits per heavy atom. The zero-order valence-electron chi connectivity index (χ0n) is 11.8. The number of aromatic nitrogens is 2. The monoisotopic (exact) mass is 275 g/mol. The van der Waals surface area contributed by atoms with Crippen molar-refractivity contribution in [3.63, 3.8) is 0 Å². The van der Waals surface area contributed by atoms with Crippen LogP contribution in [0.25, 0.3) is 0 Å². The Bertz CT molecular complexity index is 506. The normalized spacial score (nSPS) is 27.1. The molecule has 0 aliphatic carbocycles. The molecular formula is C14H21N5O. The van der Waals surface area contributed by atoms with E-state index in [0.717, 1.165) is 19.5 Å². The summed E-state index contributed by atoms with van der Waals surface area (Å²) in [5.74, 6) is 0.833. The SMILES string of the molecule is CN1CCCC2CN(C(=O)c3cncc(N)n3)CCC21. The molecule has 2 aliphatic heterocycles. The van der Waals surface area contributed by atoms with Crippen molar-refractivity contribution in [2.24, 2.45) is 5.92 Å². The van der Waals surface area contributed by atoms with Crippen molar-refractivity contribution in [3.8, 4) is 0 Å². The number of hydrogen-bond acceptors (Lipinski definition) is 5. The highest BCUT2D eigenvalue weighted by Crippen LogP contribution is 2.29. The zero-order valence-corrected chi connectivity index (χ0v) is 11.8. The van der Waals surface area contributed by atoms with Gasteiger partial charge in [0.2, 0.25) is 0 Å². The summed E-state index contributed by atoms with van der Waals surface area (Å²) in [6.07, 6.45) is 6.43. The fourth-order valence-corrected chi connectivity index (χ4v) is 3.48. The number of hydrogen-bond donors (Lipinski definition) is 1. The van der Waals surface area contributed by atoms with Gasteiger partial charge in [0.15, 0.2) is 0 Å². The molecule has 3 rings (SSSR count). The first kappa shape index (κ1) is 13.3. The zero-order chi connectivity index (χ0) is 14.1. The molecule has 2 saturated heterocycles. The van der Waals surface area contributed by atoms with Crippen molar-refractivity contribution in [1.82, 2.24) is 19.8 Å². The Labute approximate surface area is 119 Å². The number of nitrogens with two attached hydrogens (primary N) is 1. The summed E-state index contributed by atoms with van der Waals surface area (Å²) in [6, 6.07) is 0.625. The molecule has 6 heteroatoms. The van der Waals surface area contributed by atoms with Crippen molar-refractivity contribution < 1.29 is 4.79 Å². The van der Waals surface area contributed by atoms with Crippen molar-refractivity contribution in [1.29, 1.82) is 0 Å². The third-order valence-corrected chi connectivity index (χ3v) is 4.51. The van der Waals surface area contributed by atoms with Gasteiger partial charge in [0.1, 0.15) is 11.5 Å². The molecule has 2 N–H and O–H groups in total. The summed E-state index contributed by atoms with van der Waals surface area (Å²) in [7, 11) is 2.19. The number of nitrogens with zero attached hydrogens (tertiary/aromatic N) is 4. The van der Waals surface area contributed by atoms with Crippen molar-refractivity contribution in [3.05, 3.63) is 18.1 Å². The maximum atomic E-state index is 12.5. The molecule has 1 amide bonds. The fourth-order valence-electron chi connectivity index (χ4n) is 3.48. The Hall–Kier alpha value is -1.69. The van der Waals surface area contributed by atoms with Gasteiger partial charge in [0.05, 0.1) is 12.4 Å². The Morgan fingerprint density at radius 3 is 3.00 bits per heavy atom. The van der Waals surface area contributed by atoms with Gasteiger partial charge in [-0.15, -0.1) is 0 Å². The van der Waals surface area contributed by atoms with Crippen LogP contribution in [0.2, 0.25) is 0 Å². The predicted octanol–water partition coefficient (Wildman–Crippen LogP) is 0.615. The molecule has 0 saturated carbocycles. The molecule has 0 bridgehead atoms. The second-order valence-electron chi connectivity index (χ2n) is 5.82. The number of carbonyl (C=O) groups excluding carboxylic acids is 1. The highest BCUT2D eigenvalue weighted by atomic mass is 16.2. The number of carbonyl (C=O) groups is 1. The summed E-state index contributed by atoms with van der Waals surface area (Å²) in [5, 5.41) is 0. The average molecular weight is 275 g/mol. The smallest absolute Gasteiger partial charge is 0.274 e. The van der Waals surface area contributed by atoms with Crippen LogP contribution in [0.15, 0.2) is 12.4 Å². The van der Waals surface area contributed by atoms with Crippen LogP contribution in [-0.4, -0.2) is 58.4 Å². The van der Waals surface area contributed by atoms with Gasteiger partial charge in [-0.05, 0) is 38.8 Å². The van der Waals surface area contributed by atoms with Crippen LogP contribution in [0.5, 0.6) is 0 Å². The van der Waals surface area contributed by atoms with E-state index in [2.05, 4.69) is 21.9 Å². The topological polar surface area (TPSA) is 75.3 Å². The number of likely N-dealkylation sites (tertiary alicyclic amines) is 2. The van der Waals surface area contributed by atoms with E-state index in [1.807, 2.05) is 4.90 Å². The lowest BCUT2D eigenvalue weighted by molar-refractivity contribution is 0.0313. The number of nitrogen functional groups attached to an aromatic ring is 1. The van der Waals surface area contributed by atoms with Gasteiger partial charge in [0.25, 0.3) is 5.91 Å². The third-order valence-electron chi connectivity index (χ3n) is 4.51. The minimum atomic E-state index is -0.0449. The summed E-state index contributed by atoms with van der Waals surface area (Å²) in [6.45, 7) is 2.79. The lowest BCUT2D eigenvalue weighted by Gasteiger charge is -2.45. The van der Waals surface area contributed by atoms with E-state index in [1.54, 1.807) is 0 Å². The Kier molecular flexibility index (Phi) is 3.56. The van der Waals surface area contributed by atoms with Crippen molar-refractivity contribution in [2.45, 2.75) is 25.3 Å². The molecule has 20 heavy (non-hydrogen) atoms. The average Bonchev–Trinajstić information content (AvgIpc) is 2.46. The van der Waals surface area contributed by atoms with E-state index in [-0.39, 0.29) is 5.91 Å². The first-order chi connectivity index (χ1) is 9.65. The molecule has 0 radical (unpaired) electrons. The molecular weight excluding hydrogens is 254 g/mol. The van der Waals surface area contributed by atoms with Gasteiger partial charge in [-0.2, -0.15) is 0 Å². The summed E-state index contributed by atoms with van der Waals surface area (Å²) >= 11 is 0. The standard InChI is InChI=1S/C14H21N5O/c1-18-5-2-3-10-9-19(6-4-12(10)18)14(20)11-7-16-8-13(15)17-11/h7-8,10,12H,2-6,9H2,1H3,(H2,15,17). The highest BCUT2D eigenvalue weighted by Gasteiger charge is 2.36. The molecule has 3 heterocycles. The molecule has 2 unspecified atom stereocenters. The quantitative estimate of drug-likeness (QED) is 0.813. The van der Waals surface area contributed by atoms with Gasteiger partial charge < -0.3 is 15.5 Å². The first-order valence-corrected chi connectivity index (χ1v) is 7.22. The van der Waals surface area contributed by atoms with E-state index in [1.165, 1.54) is 31.8 Å². The molecule has 0 aromatic carbocycles. The van der Waals surface area contributed by atoms with Crippen LogP contribution < -0.4 is 5.73 Å². The van der Waals surface area contributed by atoms with E-state index in [9.17, 15) is 4.79 Å². The van der Waals surface area contributed by atoms with Crippen LogP contribution in [0.4, 0.5) is 5.82 Å². The Morgan fingerprint density at radius 2 is 2.20 bits per heavy atom. The van der Waals surface area contributed by atoms with E-state index < -0.39 is 0 Å². The van der Waals surface area contributed by atoms with Gasteiger partial charge in [-0.25, -0.2) is 4.98 Å². The molecule has 0 spiro atoms. The van der Waals surface area contributed by atoms with E-state index in [0.29, 0.717) is 23.5 Å². The number of rotatable bonds is 1. The minimum Gasteiger partial charge on any atom is -0.382 e. The van der Waals surface area contributed by atoms with Gasteiger partial charge in [-0.3, -0.25) is 9.78 Å². The van der Waals surface area contributed by atoms with Crippen molar-refractivity contribution >= 4 is 11.7 Å². The summed E-state index contributed by atoms with van der Waals surface area (Å²) in [4.78, 5) is 24.8. The maximum Gasteiger partial charge on any atom is 0.274 e. The lowest BCUT2D eigenvalue weighted by atomic mass is 9.84. The van der Waals surface area contributed by atoms with Gasteiger partial charge in [0, 0.05) is 19.1 Å². The van der Waals surface area contributed by atoms with Crippen LogP contribution >= 0.6 is 0 Å². The van der Waals surface area contributed by atoms with Crippen LogP contribution in [0, 0.1) is 5.92 Å². The predicted molar refractivity (Wildman–Crippen MR) is 76.1 cm³/mol. The number of piperidine rings is 2. The summed E-state index contributed by atoms with van der Waals surface area (Å²) < 4.78 is 0. The first-order valence-electron chi connectivity index (χ1n) is 7.22. The minimum absolute atomic E-state index is 0.0449. The molecule has 2 atom stereocenters. The van der Waals surface area contributed by atoms with Crippen LogP contribution in [0.3, 0.4) is 0 Å². The molecule has 1 aromatic heterocycles. The molecule has 1 aromatic rings. The van der Waals surface area contributed by atoms with Crippen LogP contribution in [-0.2, 0) is 0 Å². The second kappa shape index (κ2) is 5.36.